The van der Waals surface area contributed by atoms with E-state index in [0.717, 1.165) is 10.6 Å². The number of nitrogens with zero attached hydrogens (tertiary/aromatic N) is 2. The maximum Gasteiger partial charge on any atom is 0.203 e. The summed E-state index contributed by atoms with van der Waals surface area (Å²) in [6, 6.07) is 7.23. The molecule has 1 radical (unpaired) electrons. The van der Waals surface area contributed by atoms with Crippen molar-refractivity contribution in [1.82, 2.24) is 9.96 Å². The van der Waals surface area contributed by atoms with Gasteiger partial charge in [0.15, 0.2) is 28.8 Å². The molecule has 2 aliphatic rings. The van der Waals surface area contributed by atoms with Gasteiger partial charge in [-0.15, -0.1) is 10.3 Å². The van der Waals surface area contributed by atoms with Crippen molar-refractivity contribution in [2.24, 2.45) is 0 Å². The first-order valence-electron chi connectivity index (χ1n) is 14.3. The second-order valence-electron chi connectivity index (χ2n) is 11.8. The number of ether oxygens (including phenoxy) is 6. The molecule has 1 fully saturated rings. The Hall–Kier alpha value is -3.99. The Labute approximate surface area is 260 Å². The zero-order valence-corrected chi connectivity index (χ0v) is 27.3. The molecule has 10 heteroatoms. The fourth-order valence-electron chi connectivity index (χ4n) is 6.07. The van der Waals surface area contributed by atoms with E-state index in [1.54, 1.807) is 54.8 Å². The van der Waals surface area contributed by atoms with E-state index in [9.17, 15) is 10.0 Å². The predicted octanol–water partition coefficient (Wildman–Crippen LogP) is 5.23. The fourth-order valence-corrected chi connectivity index (χ4v) is 6.07. The van der Waals surface area contributed by atoms with Gasteiger partial charge in [-0.25, -0.2) is 0 Å². The van der Waals surface area contributed by atoms with Gasteiger partial charge in [-0.3, -0.25) is 9.69 Å². The minimum Gasteiger partial charge on any atom is -0.493 e. The van der Waals surface area contributed by atoms with Crippen LogP contribution in [0.5, 0.6) is 34.5 Å². The molecule has 0 aliphatic carbocycles. The number of likely N-dealkylation sites (tertiary alicyclic amines) is 1. The van der Waals surface area contributed by atoms with E-state index in [1.807, 2.05) is 58.1 Å². The number of hydrogen-bond donors (Lipinski definition) is 0. The zero-order valence-electron chi connectivity index (χ0n) is 27.3. The zero-order chi connectivity index (χ0) is 32.4. The minimum atomic E-state index is -0.697. The highest BCUT2D eigenvalue weighted by Crippen LogP contribution is 2.43. The number of ketones is 1. The number of hydroxylamine groups is 2. The van der Waals surface area contributed by atoms with Gasteiger partial charge in [0.05, 0.1) is 53.7 Å². The maximum atomic E-state index is 14.1. The van der Waals surface area contributed by atoms with Gasteiger partial charge >= 0.3 is 0 Å². The molecule has 2 aromatic carbocycles. The van der Waals surface area contributed by atoms with Crippen LogP contribution in [-0.4, -0.2) is 89.1 Å². The average molecular weight is 608 g/mol. The second kappa shape index (κ2) is 12.9. The van der Waals surface area contributed by atoms with Crippen LogP contribution in [-0.2, 0) is 10.0 Å². The molecule has 0 spiro atoms. The molecule has 0 atom stereocenters. The van der Waals surface area contributed by atoms with Crippen LogP contribution in [0, 0.1) is 0 Å². The lowest BCUT2D eigenvalue weighted by Crippen LogP contribution is -2.48. The number of hydrogen-bond acceptors (Lipinski definition) is 9. The predicted molar refractivity (Wildman–Crippen MR) is 168 cm³/mol. The summed E-state index contributed by atoms with van der Waals surface area (Å²) in [5.74, 6) is 2.71. The van der Waals surface area contributed by atoms with E-state index in [2.05, 4.69) is 4.90 Å². The van der Waals surface area contributed by atoms with Gasteiger partial charge in [-0.2, -0.15) is 0 Å². The van der Waals surface area contributed by atoms with Crippen molar-refractivity contribution < 1.29 is 38.4 Å². The van der Waals surface area contributed by atoms with Crippen molar-refractivity contribution in [2.45, 2.75) is 38.8 Å². The molecule has 2 aromatic rings. The van der Waals surface area contributed by atoms with E-state index in [1.165, 1.54) is 0 Å². The number of carbonyl (C=O) groups is 1. The van der Waals surface area contributed by atoms with E-state index in [4.69, 9.17) is 28.4 Å². The Bertz CT molecular complexity index is 1420. The third-order valence-corrected chi connectivity index (χ3v) is 8.24. The van der Waals surface area contributed by atoms with Gasteiger partial charge in [0.2, 0.25) is 11.5 Å². The third-order valence-electron chi connectivity index (χ3n) is 8.24. The van der Waals surface area contributed by atoms with Gasteiger partial charge in [0, 0.05) is 41.9 Å². The summed E-state index contributed by atoms with van der Waals surface area (Å²) >= 11 is 0. The summed E-state index contributed by atoms with van der Waals surface area (Å²) in [7, 11) is 9.30. The Morgan fingerprint density at radius 1 is 0.682 bits per heavy atom. The number of Topliss-reactive ketones (excluding diaryl/α,β-unsaturated/α-hetero) is 1. The van der Waals surface area contributed by atoms with E-state index in [-0.39, 0.29) is 5.78 Å². The minimum absolute atomic E-state index is 0.111. The second-order valence-corrected chi connectivity index (χ2v) is 11.8. The first-order valence-corrected chi connectivity index (χ1v) is 14.3. The molecular formula is C34H43N2O8. The molecule has 44 heavy (non-hydrogen) atoms. The first-order chi connectivity index (χ1) is 20.9. The quantitative estimate of drug-likeness (QED) is 0.265. The summed E-state index contributed by atoms with van der Waals surface area (Å²) in [5, 5.41) is 14.3. The van der Waals surface area contributed by atoms with Crippen LogP contribution in [0.1, 0.15) is 38.8 Å². The van der Waals surface area contributed by atoms with E-state index in [0.29, 0.717) is 76.4 Å². The van der Waals surface area contributed by atoms with Gasteiger partial charge in [-0.1, -0.05) is 6.08 Å². The molecule has 0 bridgehead atoms. The number of rotatable bonds is 10. The number of piperidine rings is 1. The molecule has 0 amide bonds. The van der Waals surface area contributed by atoms with Crippen molar-refractivity contribution in [1.29, 1.82) is 0 Å². The van der Waals surface area contributed by atoms with Crippen LogP contribution >= 0.6 is 0 Å². The molecule has 0 aromatic heterocycles. The molecule has 237 valence electrons. The molecule has 2 aliphatic heterocycles. The van der Waals surface area contributed by atoms with Crippen molar-refractivity contribution in [3.05, 3.63) is 58.2 Å². The van der Waals surface area contributed by atoms with Crippen molar-refractivity contribution in [2.75, 3.05) is 62.3 Å². The highest BCUT2D eigenvalue weighted by Gasteiger charge is 2.47. The average Bonchev–Trinajstić information content (AvgIpc) is 3.16. The van der Waals surface area contributed by atoms with Crippen LogP contribution in [0.4, 0.5) is 0 Å². The highest BCUT2D eigenvalue weighted by atomic mass is 16.5. The van der Waals surface area contributed by atoms with Crippen molar-refractivity contribution in [3.8, 4) is 34.5 Å². The van der Waals surface area contributed by atoms with Gasteiger partial charge in [-0.05, 0) is 69.7 Å². The van der Waals surface area contributed by atoms with Gasteiger partial charge < -0.3 is 28.4 Å². The largest absolute Gasteiger partial charge is 0.493 e. The van der Waals surface area contributed by atoms with Crippen LogP contribution in [0.2, 0.25) is 0 Å². The summed E-state index contributed by atoms with van der Waals surface area (Å²) in [6.07, 6.45) is 5.69. The molecule has 2 heterocycles. The molecular weight excluding hydrogens is 564 g/mol. The smallest absolute Gasteiger partial charge is 0.203 e. The normalized spacial score (nSPS) is 20.1. The molecule has 4 rings (SSSR count). The maximum absolute atomic E-state index is 14.1. The van der Waals surface area contributed by atoms with Crippen molar-refractivity contribution >= 4 is 17.9 Å². The summed E-state index contributed by atoms with van der Waals surface area (Å²) in [6.45, 7) is 8.93. The Morgan fingerprint density at radius 3 is 1.45 bits per heavy atom. The summed E-state index contributed by atoms with van der Waals surface area (Å²) in [4.78, 5) is 16.3. The monoisotopic (exact) mass is 607 g/mol. The molecule has 1 saturated heterocycles. The molecule has 0 unspecified atom stereocenters. The third kappa shape index (κ3) is 6.02. The lowest BCUT2D eigenvalue weighted by Gasteiger charge is -2.36. The number of benzene rings is 2. The summed E-state index contributed by atoms with van der Waals surface area (Å²) in [5.41, 5.74) is 2.12. The van der Waals surface area contributed by atoms with Crippen LogP contribution in [0.25, 0.3) is 12.2 Å². The highest BCUT2D eigenvalue weighted by molar-refractivity contribution is 6.15. The van der Waals surface area contributed by atoms with Crippen LogP contribution in [0.15, 0.2) is 47.1 Å². The van der Waals surface area contributed by atoms with Crippen LogP contribution in [0.3, 0.4) is 0 Å². The molecule has 0 saturated carbocycles. The SMILES string of the molecule is COc1ccc(/C=C2\CN(CC3=CC(C)(C)N([O])C3(C)C)C/C(=C\c3ccc(OC)c(OC)c3OC)C2=O)c(OC)c1OC. The topological polar surface area (TPSA) is 98.8 Å². The van der Waals surface area contributed by atoms with E-state index < -0.39 is 11.1 Å². The van der Waals surface area contributed by atoms with Crippen molar-refractivity contribution in [3.63, 3.8) is 0 Å². The molecule has 0 N–H and O–H groups in total. The van der Waals surface area contributed by atoms with Gasteiger partial charge in [0.25, 0.3) is 0 Å². The lowest BCUT2D eigenvalue weighted by molar-refractivity contribution is -0.238. The first kappa shape index (κ1) is 32.9. The Balaban J connectivity index is 1.85. The van der Waals surface area contributed by atoms with Crippen LogP contribution < -0.4 is 28.4 Å². The summed E-state index contributed by atoms with van der Waals surface area (Å²) < 4.78 is 33.5. The number of methoxy groups -OCH3 is 6. The number of carbonyl (C=O) groups excluding carboxylic acids is 1. The molecule has 10 nitrogen and oxygen atoms in total. The van der Waals surface area contributed by atoms with Gasteiger partial charge in [0.1, 0.15) is 0 Å². The Morgan fingerprint density at radius 2 is 1.11 bits per heavy atom. The lowest BCUT2D eigenvalue weighted by atomic mass is 9.91. The fraction of sp³-hybridized carbons (Fsp3) is 0.441. The van der Waals surface area contributed by atoms with E-state index >= 15 is 0 Å². The Kier molecular flexibility index (Phi) is 9.68. The standard InChI is InChI=1S/C34H43N2O8/c1-33(2)17-25(34(3,4)36(33)38)20-35-18-23(15-21-11-13-26(39-5)31(43-9)29(21)41-7)28(37)24(19-35)16-22-12-14-27(40-6)32(44-10)30(22)42-8/h11-17H,18-20H2,1-10H3/b23-15+,24-16+.